The van der Waals surface area contributed by atoms with Crippen molar-refractivity contribution in [1.82, 2.24) is 4.90 Å². The van der Waals surface area contributed by atoms with Crippen LogP contribution in [0.15, 0.2) is 35.3 Å². The van der Waals surface area contributed by atoms with Gasteiger partial charge in [0, 0.05) is 42.8 Å². The third-order valence-corrected chi connectivity index (χ3v) is 5.71. The van der Waals surface area contributed by atoms with Crippen LogP contribution < -0.4 is 9.47 Å². The Morgan fingerprint density at radius 3 is 2.37 bits per heavy atom. The second-order valence-electron chi connectivity index (χ2n) is 9.69. The number of carbonyl (C=O) groups excluding carboxylic acids is 1. The number of hydrogen-bond acceptors (Lipinski definition) is 4. The molecular weight excluding hydrogens is 376 g/mol. The van der Waals surface area contributed by atoms with Crippen LogP contribution in [0.5, 0.6) is 11.5 Å². The molecule has 2 aliphatic heterocycles. The number of benzene rings is 2. The Hall–Kier alpha value is -2.82. The fourth-order valence-electron chi connectivity index (χ4n) is 4.46. The summed E-state index contributed by atoms with van der Waals surface area (Å²) in [5.74, 6) is 1.61. The SMILES string of the molecule is COc1cc2c(c3c1OC(C)(C)C3)C(c1ccc(C(=O)N(C)C)cc1)=NC(C)(C)C2. The summed E-state index contributed by atoms with van der Waals surface area (Å²) in [5.41, 5.74) is 5.68. The Morgan fingerprint density at radius 1 is 1.10 bits per heavy atom. The van der Waals surface area contributed by atoms with E-state index in [1.165, 1.54) is 5.56 Å². The van der Waals surface area contributed by atoms with Crippen LogP contribution in [-0.2, 0) is 12.8 Å². The Labute approximate surface area is 178 Å². The van der Waals surface area contributed by atoms with Crippen LogP contribution in [0.25, 0.3) is 0 Å². The van der Waals surface area contributed by atoms with Crippen molar-refractivity contribution in [2.45, 2.75) is 51.7 Å². The van der Waals surface area contributed by atoms with Gasteiger partial charge in [-0.15, -0.1) is 0 Å². The number of aliphatic imine (C=N–C) groups is 1. The lowest BCUT2D eigenvalue weighted by molar-refractivity contribution is 0.0827. The first kappa shape index (κ1) is 20.5. The average Bonchev–Trinajstić information content (AvgIpc) is 3.00. The highest BCUT2D eigenvalue weighted by atomic mass is 16.5. The van der Waals surface area contributed by atoms with Gasteiger partial charge in [-0.1, -0.05) is 12.1 Å². The quantitative estimate of drug-likeness (QED) is 0.764. The summed E-state index contributed by atoms with van der Waals surface area (Å²) in [7, 11) is 5.22. The lowest BCUT2D eigenvalue weighted by Crippen LogP contribution is -2.30. The molecule has 0 unspecified atom stereocenters. The smallest absolute Gasteiger partial charge is 0.253 e. The molecule has 0 saturated heterocycles. The predicted molar refractivity (Wildman–Crippen MR) is 119 cm³/mol. The minimum atomic E-state index is -0.287. The molecule has 5 heteroatoms. The summed E-state index contributed by atoms with van der Waals surface area (Å²) in [6.07, 6.45) is 1.64. The number of ether oxygens (including phenoxy) is 2. The zero-order valence-corrected chi connectivity index (χ0v) is 18.9. The Bertz CT molecular complexity index is 1050. The molecular formula is C25H30N2O3. The first-order valence-corrected chi connectivity index (χ1v) is 10.4. The van der Waals surface area contributed by atoms with Crippen molar-refractivity contribution in [2.24, 2.45) is 4.99 Å². The molecule has 2 aromatic rings. The van der Waals surface area contributed by atoms with E-state index < -0.39 is 0 Å². The number of rotatable bonds is 3. The molecule has 5 nitrogen and oxygen atoms in total. The van der Waals surface area contributed by atoms with E-state index in [-0.39, 0.29) is 17.0 Å². The summed E-state index contributed by atoms with van der Waals surface area (Å²) in [5, 5.41) is 0. The zero-order chi connectivity index (χ0) is 21.8. The van der Waals surface area contributed by atoms with Crippen LogP contribution in [0.1, 0.15) is 60.3 Å². The first-order chi connectivity index (χ1) is 14.0. The molecule has 0 aliphatic carbocycles. The van der Waals surface area contributed by atoms with E-state index in [0.717, 1.165) is 46.7 Å². The Kier molecular flexibility index (Phi) is 4.68. The molecule has 2 heterocycles. The van der Waals surface area contributed by atoms with Gasteiger partial charge in [-0.25, -0.2) is 0 Å². The van der Waals surface area contributed by atoms with E-state index in [1.54, 1.807) is 26.1 Å². The highest BCUT2D eigenvalue weighted by molar-refractivity contribution is 6.16. The molecule has 0 spiro atoms. The largest absolute Gasteiger partial charge is 0.493 e. The summed E-state index contributed by atoms with van der Waals surface area (Å²) in [6.45, 7) is 8.51. The fourth-order valence-corrected chi connectivity index (χ4v) is 4.46. The second-order valence-corrected chi connectivity index (χ2v) is 9.69. The zero-order valence-electron chi connectivity index (χ0n) is 18.9. The summed E-state index contributed by atoms with van der Waals surface area (Å²) >= 11 is 0. The van der Waals surface area contributed by atoms with E-state index in [1.807, 2.05) is 24.3 Å². The molecule has 1 amide bonds. The third kappa shape index (κ3) is 3.47. The summed E-state index contributed by atoms with van der Waals surface area (Å²) < 4.78 is 11.9. The number of fused-ring (bicyclic) bond motifs is 3. The highest BCUT2D eigenvalue weighted by Crippen LogP contribution is 2.47. The number of carbonyl (C=O) groups is 1. The second kappa shape index (κ2) is 6.86. The van der Waals surface area contributed by atoms with Gasteiger partial charge < -0.3 is 14.4 Å². The van der Waals surface area contributed by atoms with Crippen LogP contribution in [0, 0.1) is 0 Å². The van der Waals surface area contributed by atoms with Gasteiger partial charge >= 0.3 is 0 Å². The molecule has 158 valence electrons. The van der Waals surface area contributed by atoms with Crippen molar-refractivity contribution in [3.63, 3.8) is 0 Å². The molecule has 2 aromatic carbocycles. The standard InChI is InChI=1S/C25H30N2O3/c1-24(2)13-17-12-19(29-7)22-18(14-25(3,4)30-22)20(17)21(26-24)15-8-10-16(11-9-15)23(28)27(5)6/h8-12H,13-14H2,1-7H3. The molecule has 0 radical (unpaired) electrons. The van der Waals surface area contributed by atoms with Crippen LogP contribution in [0.3, 0.4) is 0 Å². The van der Waals surface area contributed by atoms with Crippen LogP contribution >= 0.6 is 0 Å². The maximum atomic E-state index is 12.3. The molecule has 0 aromatic heterocycles. The van der Waals surface area contributed by atoms with Crippen LogP contribution in [-0.4, -0.2) is 48.9 Å². The number of methoxy groups -OCH3 is 1. The van der Waals surface area contributed by atoms with Crippen LogP contribution in [0.2, 0.25) is 0 Å². The van der Waals surface area contributed by atoms with E-state index in [0.29, 0.717) is 5.56 Å². The number of hydrogen-bond donors (Lipinski definition) is 0. The van der Waals surface area contributed by atoms with Crippen molar-refractivity contribution >= 4 is 11.6 Å². The van der Waals surface area contributed by atoms with Crippen molar-refractivity contribution in [3.8, 4) is 11.5 Å². The van der Waals surface area contributed by atoms with Crippen molar-refractivity contribution < 1.29 is 14.3 Å². The highest BCUT2D eigenvalue weighted by Gasteiger charge is 2.39. The Balaban J connectivity index is 1.88. The van der Waals surface area contributed by atoms with Gasteiger partial charge in [0.2, 0.25) is 0 Å². The van der Waals surface area contributed by atoms with E-state index >= 15 is 0 Å². The summed E-state index contributed by atoms with van der Waals surface area (Å²) in [6, 6.07) is 9.86. The lowest BCUT2D eigenvalue weighted by Gasteiger charge is -2.31. The molecule has 0 bridgehead atoms. The predicted octanol–water partition coefficient (Wildman–Crippen LogP) is 4.28. The van der Waals surface area contributed by atoms with Gasteiger partial charge in [0.05, 0.1) is 18.4 Å². The van der Waals surface area contributed by atoms with Gasteiger partial charge in [0.25, 0.3) is 5.91 Å². The molecule has 2 aliphatic rings. The average molecular weight is 407 g/mol. The summed E-state index contributed by atoms with van der Waals surface area (Å²) in [4.78, 5) is 19.0. The van der Waals surface area contributed by atoms with Gasteiger partial charge in [-0.05, 0) is 57.9 Å². The number of amides is 1. The van der Waals surface area contributed by atoms with Crippen LogP contribution in [0.4, 0.5) is 0 Å². The molecule has 30 heavy (non-hydrogen) atoms. The van der Waals surface area contributed by atoms with Gasteiger partial charge in [-0.2, -0.15) is 0 Å². The monoisotopic (exact) mass is 406 g/mol. The normalized spacial score (nSPS) is 18.0. The minimum absolute atomic E-state index is 0.00589. The molecule has 0 fully saturated rings. The van der Waals surface area contributed by atoms with E-state index in [4.69, 9.17) is 14.5 Å². The lowest BCUT2D eigenvalue weighted by atomic mass is 9.81. The van der Waals surface area contributed by atoms with Gasteiger partial charge in [0.15, 0.2) is 11.5 Å². The van der Waals surface area contributed by atoms with Crippen molar-refractivity contribution in [2.75, 3.05) is 21.2 Å². The minimum Gasteiger partial charge on any atom is -0.493 e. The molecule has 0 atom stereocenters. The maximum absolute atomic E-state index is 12.3. The Morgan fingerprint density at radius 2 is 1.77 bits per heavy atom. The van der Waals surface area contributed by atoms with Crippen molar-refractivity contribution in [3.05, 3.63) is 58.1 Å². The molecule has 4 rings (SSSR count). The topological polar surface area (TPSA) is 51.1 Å². The number of nitrogens with zero attached hydrogens (tertiary/aromatic N) is 2. The molecule has 0 N–H and O–H groups in total. The maximum Gasteiger partial charge on any atom is 0.253 e. The van der Waals surface area contributed by atoms with E-state index in [2.05, 4.69) is 33.8 Å². The first-order valence-electron chi connectivity index (χ1n) is 10.4. The molecule has 0 saturated carbocycles. The van der Waals surface area contributed by atoms with Crippen molar-refractivity contribution in [1.29, 1.82) is 0 Å². The van der Waals surface area contributed by atoms with E-state index in [9.17, 15) is 4.79 Å². The third-order valence-electron chi connectivity index (χ3n) is 5.71. The van der Waals surface area contributed by atoms with Gasteiger partial charge in [-0.3, -0.25) is 9.79 Å². The van der Waals surface area contributed by atoms with Gasteiger partial charge in [0.1, 0.15) is 5.60 Å². The fraction of sp³-hybridized carbons (Fsp3) is 0.440.